The first-order valence-corrected chi connectivity index (χ1v) is 6.06. The highest BCUT2D eigenvalue weighted by Gasteiger charge is 2.26. The minimum absolute atomic E-state index is 0.104. The molecular formula is C12H17N3O6. The number of carbonyl (C=O) groups is 3. The monoisotopic (exact) mass is 299 g/mol. The van der Waals surface area contributed by atoms with Crippen molar-refractivity contribution in [2.45, 2.75) is 38.8 Å². The summed E-state index contributed by atoms with van der Waals surface area (Å²) in [6, 6.07) is -0.0665. The number of nitrogens with zero attached hydrogens (tertiary/aromatic N) is 1. The highest BCUT2D eigenvalue weighted by Crippen LogP contribution is 2.09. The van der Waals surface area contributed by atoms with Gasteiger partial charge in [0.2, 0.25) is 0 Å². The molecule has 0 unspecified atom stereocenters. The van der Waals surface area contributed by atoms with Crippen molar-refractivity contribution in [3.05, 3.63) is 17.5 Å². The van der Waals surface area contributed by atoms with Gasteiger partial charge in [-0.25, -0.2) is 9.59 Å². The molecule has 0 aliphatic rings. The number of carboxylic acid groups (broad SMARTS) is 1. The third kappa shape index (κ3) is 5.51. The van der Waals surface area contributed by atoms with Gasteiger partial charge in [-0.05, 0) is 20.8 Å². The fourth-order valence-corrected chi connectivity index (χ4v) is 1.38. The number of aromatic nitrogens is 1. The van der Waals surface area contributed by atoms with Crippen molar-refractivity contribution in [2.24, 2.45) is 5.73 Å². The number of hydrogen-bond donors (Lipinski definition) is 3. The Kier molecular flexibility index (Phi) is 4.90. The number of alkyl carbamates (subject to hydrolysis) is 1. The quantitative estimate of drug-likeness (QED) is 0.708. The zero-order valence-corrected chi connectivity index (χ0v) is 11.9. The van der Waals surface area contributed by atoms with E-state index in [0.29, 0.717) is 0 Å². The van der Waals surface area contributed by atoms with Crippen LogP contribution in [0.5, 0.6) is 0 Å². The molecule has 21 heavy (non-hydrogen) atoms. The lowest BCUT2D eigenvalue weighted by atomic mass is 10.1. The SMILES string of the molecule is CC(C)(C)OC(=O)N[C@@H](Cc1cc(C(N)=O)no1)C(=O)O. The van der Waals surface area contributed by atoms with E-state index in [0.717, 1.165) is 0 Å². The molecule has 0 fully saturated rings. The van der Waals surface area contributed by atoms with E-state index in [1.54, 1.807) is 20.8 Å². The number of aliphatic carboxylic acids is 1. The number of carbonyl (C=O) groups excluding carboxylic acids is 2. The van der Waals surface area contributed by atoms with E-state index in [-0.39, 0.29) is 17.9 Å². The Balaban J connectivity index is 2.71. The summed E-state index contributed by atoms with van der Waals surface area (Å²) in [5, 5.41) is 14.6. The van der Waals surface area contributed by atoms with E-state index in [4.69, 9.17) is 20.1 Å². The Bertz CT molecular complexity index is 545. The maximum Gasteiger partial charge on any atom is 0.408 e. The standard InChI is InChI=1S/C12H17N3O6/c1-12(2,3)20-11(19)14-8(10(17)18)5-6-4-7(9(13)16)15-21-6/h4,8H,5H2,1-3H3,(H2,13,16)(H,14,19)(H,17,18)/t8-/m0/s1. The number of carboxylic acids is 1. The minimum Gasteiger partial charge on any atom is -0.480 e. The fourth-order valence-electron chi connectivity index (χ4n) is 1.38. The van der Waals surface area contributed by atoms with Crippen molar-refractivity contribution in [3.63, 3.8) is 0 Å². The van der Waals surface area contributed by atoms with Crippen LogP contribution >= 0.6 is 0 Å². The van der Waals surface area contributed by atoms with Crippen LogP contribution in [0.1, 0.15) is 37.0 Å². The summed E-state index contributed by atoms with van der Waals surface area (Å²) in [7, 11) is 0. The van der Waals surface area contributed by atoms with Gasteiger partial charge in [0.1, 0.15) is 17.4 Å². The Labute approximate surface area is 120 Å². The summed E-state index contributed by atoms with van der Waals surface area (Å²) >= 11 is 0. The number of nitrogens with two attached hydrogens (primary N) is 1. The molecule has 0 spiro atoms. The third-order valence-electron chi connectivity index (χ3n) is 2.21. The van der Waals surface area contributed by atoms with Crippen LogP contribution in [0.2, 0.25) is 0 Å². The van der Waals surface area contributed by atoms with E-state index in [2.05, 4.69) is 10.5 Å². The Morgan fingerprint density at radius 1 is 1.48 bits per heavy atom. The van der Waals surface area contributed by atoms with E-state index in [9.17, 15) is 14.4 Å². The number of primary amides is 1. The molecule has 1 aromatic rings. The molecule has 1 heterocycles. The third-order valence-corrected chi connectivity index (χ3v) is 2.21. The number of hydrogen-bond acceptors (Lipinski definition) is 6. The zero-order chi connectivity index (χ0) is 16.2. The van der Waals surface area contributed by atoms with Crippen LogP contribution in [0.25, 0.3) is 0 Å². The molecule has 0 aliphatic heterocycles. The Hall–Kier alpha value is -2.58. The molecule has 9 nitrogen and oxygen atoms in total. The molecule has 1 atom stereocenters. The molecule has 0 radical (unpaired) electrons. The van der Waals surface area contributed by atoms with Crippen LogP contribution in [0.4, 0.5) is 4.79 Å². The van der Waals surface area contributed by atoms with Gasteiger partial charge in [0, 0.05) is 12.5 Å². The van der Waals surface area contributed by atoms with E-state index < -0.39 is 29.6 Å². The lowest BCUT2D eigenvalue weighted by Gasteiger charge is -2.21. The van der Waals surface area contributed by atoms with Gasteiger partial charge in [-0.2, -0.15) is 0 Å². The number of nitrogens with one attached hydrogen (secondary N) is 1. The Morgan fingerprint density at radius 2 is 2.10 bits per heavy atom. The fraction of sp³-hybridized carbons (Fsp3) is 0.500. The molecule has 0 bridgehead atoms. The molecule has 0 saturated heterocycles. The van der Waals surface area contributed by atoms with Crippen molar-refractivity contribution in [3.8, 4) is 0 Å². The largest absolute Gasteiger partial charge is 0.480 e. The topological polar surface area (TPSA) is 145 Å². The summed E-state index contributed by atoms with van der Waals surface area (Å²) in [4.78, 5) is 33.5. The van der Waals surface area contributed by atoms with E-state index in [1.807, 2.05) is 0 Å². The van der Waals surface area contributed by atoms with Gasteiger partial charge in [0.05, 0.1) is 0 Å². The van der Waals surface area contributed by atoms with Crippen LogP contribution in [0.3, 0.4) is 0 Å². The van der Waals surface area contributed by atoms with Crippen LogP contribution < -0.4 is 11.1 Å². The molecular weight excluding hydrogens is 282 g/mol. The van der Waals surface area contributed by atoms with Crippen LogP contribution in [-0.4, -0.2) is 39.9 Å². The second-order valence-electron chi connectivity index (χ2n) is 5.28. The molecule has 1 rings (SSSR count). The molecule has 116 valence electrons. The average Bonchev–Trinajstić information content (AvgIpc) is 2.74. The summed E-state index contributed by atoms with van der Waals surface area (Å²) < 4.78 is 9.75. The van der Waals surface area contributed by atoms with Crippen molar-refractivity contribution in [1.82, 2.24) is 10.5 Å². The number of amides is 2. The summed E-state index contributed by atoms with van der Waals surface area (Å²) in [5.41, 5.74) is 4.13. The molecule has 1 aromatic heterocycles. The second-order valence-corrected chi connectivity index (χ2v) is 5.28. The van der Waals surface area contributed by atoms with Gasteiger partial charge >= 0.3 is 12.1 Å². The van der Waals surface area contributed by atoms with Crippen molar-refractivity contribution >= 4 is 18.0 Å². The molecule has 0 saturated carbocycles. The maximum atomic E-state index is 11.6. The van der Waals surface area contributed by atoms with Gasteiger partial charge in [-0.15, -0.1) is 0 Å². The summed E-state index contributed by atoms with van der Waals surface area (Å²) in [6.45, 7) is 4.95. The average molecular weight is 299 g/mol. The second kappa shape index (κ2) is 6.25. The van der Waals surface area contributed by atoms with Gasteiger partial charge in [-0.3, -0.25) is 4.79 Å². The molecule has 4 N–H and O–H groups in total. The summed E-state index contributed by atoms with van der Waals surface area (Å²) in [6.07, 6.45) is -1.07. The zero-order valence-electron chi connectivity index (χ0n) is 11.9. The highest BCUT2D eigenvalue weighted by molar-refractivity contribution is 5.90. The van der Waals surface area contributed by atoms with Crippen LogP contribution in [0.15, 0.2) is 10.6 Å². The van der Waals surface area contributed by atoms with Gasteiger partial charge < -0.3 is 25.4 Å². The first kappa shape index (κ1) is 16.5. The first-order chi connectivity index (χ1) is 9.58. The lowest BCUT2D eigenvalue weighted by Crippen LogP contribution is -2.44. The summed E-state index contributed by atoms with van der Waals surface area (Å²) in [5.74, 6) is -1.97. The van der Waals surface area contributed by atoms with Crippen LogP contribution in [0, 0.1) is 0 Å². The smallest absolute Gasteiger partial charge is 0.408 e. The predicted octanol–water partition coefficient (Wildman–Crippen LogP) is 0.294. The molecule has 0 aromatic carbocycles. The minimum atomic E-state index is -1.28. The van der Waals surface area contributed by atoms with Crippen molar-refractivity contribution in [2.75, 3.05) is 0 Å². The maximum absolute atomic E-state index is 11.6. The predicted molar refractivity (Wildman–Crippen MR) is 69.5 cm³/mol. The molecule has 9 heteroatoms. The Morgan fingerprint density at radius 3 is 2.52 bits per heavy atom. The number of ether oxygens (including phenoxy) is 1. The van der Waals surface area contributed by atoms with Gasteiger partial charge in [0.25, 0.3) is 5.91 Å². The highest BCUT2D eigenvalue weighted by atomic mass is 16.6. The van der Waals surface area contributed by atoms with Crippen molar-refractivity contribution in [1.29, 1.82) is 0 Å². The van der Waals surface area contributed by atoms with Crippen molar-refractivity contribution < 1.29 is 28.8 Å². The lowest BCUT2D eigenvalue weighted by molar-refractivity contribution is -0.139. The van der Waals surface area contributed by atoms with Gasteiger partial charge in [0.15, 0.2) is 5.69 Å². The molecule has 2 amide bonds. The van der Waals surface area contributed by atoms with Gasteiger partial charge in [-0.1, -0.05) is 5.16 Å². The van der Waals surface area contributed by atoms with Crippen LogP contribution in [-0.2, 0) is 16.0 Å². The molecule has 0 aliphatic carbocycles. The number of rotatable bonds is 5. The van der Waals surface area contributed by atoms with E-state index in [1.165, 1.54) is 6.07 Å². The first-order valence-electron chi connectivity index (χ1n) is 6.06. The van der Waals surface area contributed by atoms with E-state index >= 15 is 0 Å². The normalized spacial score (nSPS) is 12.5.